The summed E-state index contributed by atoms with van der Waals surface area (Å²) in [4.78, 5) is 13.9. The first-order valence-corrected chi connectivity index (χ1v) is 8.11. The highest BCUT2D eigenvalue weighted by Crippen LogP contribution is 2.32. The van der Waals surface area contributed by atoms with Gasteiger partial charge in [0.25, 0.3) is 5.91 Å². The Kier molecular flexibility index (Phi) is 5.69. The molecule has 0 radical (unpaired) electrons. The summed E-state index contributed by atoms with van der Waals surface area (Å²) in [7, 11) is 0. The first-order chi connectivity index (χ1) is 10.5. The molecule has 0 saturated carbocycles. The Balaban J connectivity index is 2.12. The van der Waals surface area contributed by atoms with Crippen LogP contribution in [-0.2, 0) is 0 Å². The van der Waals surface area contributed by atoms with E-state index in [1.54, 1.807) is 12.1 Å². The van der Waals surface area contributed by atoms with Crippen molar-refractivity contribution in [3.63, 3.8) is 0 Å². The number of benzene rings is 1. The van der Waals surface area contributed by atoms with Gasteiger partial charge in [0.05, 0.1) is 4.88 Å². The Hall–Kier alpha value is -1.72. The normalized spacial score (nSPS) is 12.2. The topological polar surface area (TPSA) is 49.3 Å². The molecule has 1 heterocycles. The fourth-order valence-corrected chi connectivity index (χ4v) is 3.33. The average molecular weight is 321 g/mol. The molecule has 0 saturated heterocycles. The monoisotopic (exact) mass is 321 g/mol. The van der Waals surface area contributed by atoms with Gasteiger partial charge in [-0.25, -0.2) is 4.39 Å². The van der Waals surface area contributed by atoms with Gasteiger partial charge in [-0.15, -0.1) is 11.3 Å². The molecular formula is C17H20FNO2S. The molecule has 1 amide bonds. The molecule has 22 heavy (non-hydrogen) atoms. The smallest absolute Gasteiger partial charge is 0.261 e. The average Bonchev–Trinajstić information content (AvgIpc) is 2.88. The Labute approximate surface area is 133 Å². The minimum Gasteiger partial charge on any atom is -0.396 e. The van der Waals surface area contributed by atoms with Crippen molar-refractivity contribution in [3.8, 4) is 10.4 Å². The first-order valence-electron chi connectivity index (χ1n) is 7.29. The van der Waals surface area contributed by atoms with Crippen molar-refractivity contribution in [2.45, 2.75) is 32.7 Å². The van der Waals surface area contributed by atoms with E-state index in [1.807, 2.05) is 19.9 Å². The largest absolute Gasteiger partial charge is 0.396 e. The van der Waals surface area contributed by atoms with Crippen molar-refractivity contribution in [3.05, 3.63) is 46.6 Å². The van der Waals surface area contributed by atoms with Crippen LogP contribution in [0.1, 0.15) is 35.0 Å². The number of aliphatic hydroxyl groups is 1. The van der Waals surface area contributed by atoms with Crippen LogP contribution in [0.2, 0.25) is 0 Å². The summed E-state index contributed by atoms with van der Waals surface area (Å²) < 4.78 is 13.0. The van der Waals surface area contributed by atoms with Gasteiger partial charge < -0.3 is 10.4 Å². The highest BCUT2D eigenvalue weighted by Gasteiger charge is 2.15. The minimum absolute atomic E-state index is 0.0244. The molecule has 2 aromatic rings. The van der Waals surface area contributed by atoms with Gasteiger partial charge in [0, 0.05) is 17.5 Å². The van der Waals surface area contributed by atoms with Gasteiger partial charge in [0.2, 0.25) is 0 Å². The zero-order valence-electron chi connectivity index (χ0n) is 12.7. The molecule has 5 heteroatoms. The molecule has 1 unspecified atom stereocenters. The summed E-state index contributed by atoms with van der Waals surface area (Å²) in [6.07, 6.45) is 1.42. The van der Waals surface area contributed by atoms with E-state index >= 15 is 0 Å². The van der Waals surface area contributed by atoms with E-state index < -0.39 is 0 Å². The van der Waals surface area contributed by atoms with Crippen LogP contribution in [0.15, 0.2) is 30.3 Å². The zero-order valence-corrected chi connectivity index (χ0v) is 13.5. The third kappa shape index (κ3) is 4.15. The summed E-state index contributed by atoms with van der Waals surface area (Å²) in [6, 6.07) is 8.17. The maximum atomic E-state index is 13.0. The lowest BCUT2D eigenvalue weighted by molar-refractivity contribution is 0.0940. The Morgan fingerprint density at radius 2 is 2.05 bits per heavy atom. The summed E-state index contributed by atoms with van der Waals surface area (Å²) in [5.74, 6) is -0.375. The Bertz CT molecular complexity index is 637. The van der Waals surface area contributed by atoms with E-state index in [9.17, 15) is 9.18 Å². The van der Waals surface area contributed by atoms with E-state index in [-0.39, 0.29) is 24.4 Å². The number of hydrogen-bond donors (Lipinski definition) is 2. The number of thiophene rings is 1. The number of amides is 1. The molecule has 0 fully saturated rings. The third-order valence-corrected chi connectivity index (χ3v) is 4.71. The summed E-state index contributed by atoms with van der Waals surface area (Å²) in [5, 5.41) is 11.7. The third-order valence-electron chi connectivity index (χ3n) is 3.42. The predicted molar refractivity (Wildman–Crippen MR) is 87.7 cm³/mol. The summed E-state index contributed by atoms with van der Waals surface area (Å²) >= 11 is 1.41. The van der Waals surface area contributed by atoms with Crippen molar-refractivity contribution in [1.29, 1.82) is 0 Å². The van der Waals surface area contributed by atoms with E-state index in [0.717, 1.165) is 22.4 Å². The molecular weight excluding hydrogens is 301 g/mol. The second-order valence-corrected chi connectivity index (χ2v) is 6.42. The van der Waals surface area contributed by atoms with Gasteiger partial charge >= 0.3 is 0 Å². The molecule has 1 atom stereocenters. The molecule has 2 N–H and O–H groups in total. The van der Waals surface area contributed by atoms with Crippen molar-refractivity contribution < 1.29 is 14.3 Å². The Morgan fingerprint density at radius 3 is 2.68 bits per heavy atom. The van der Waals surface area contributed by atoms with E-state index in [0.29, 0.717) is 11.3 Å². The molecule has 1 aromatic carbocycles. The van der Waals surface area contributed by atoms with Crippen LogP contribution in [0.25, 0.3) is 10.4 Å². The maximum Gasteiger partial charge on any atom is 0.261 e. The highest BCUT2D eigenvalue weighted by molar-refractivity contribution is 7.17. The molecule has 0 aliphatic heterocycles. The number of hydrogen-bond acceptors (Lipinski definition) is 3. The molecule has 0 bridgehead atoms. The molecule has 2 rings (SSSR count). The van der Waals surface area contributed by atoms with E-state index in [1.165, 1.54) is 23.5 Å². The number of halogens is 1. The molecule has 3 nitrogen and oxygen atoms in total. The van der Waals surface area contributed by atoms with Crippen molar-refractivity contribution in [2.24, 2.45) is 0 Å². The van der Waals surface area contributed by atoms with Crippen LogP contribution in [-0.4, -0.2) is 23.7 Å². The number of nitrogens with one attached hydrogen (secondary N) is 1. The van der Waals surface area contributed by atoms with Gasteiger partial charge in [0.15, 0.2) is 0 Å². The summed E-state index contributed by atoms with van der Waals surface area (Å²) in [5.41, 5.74) is 1.92. The standard InChI is InChI=1S/C17H20FNO2S/c1-11-10-15(17(21)19-12(2)4-3-9-20)22-16(11)13-5-7-14(18)8-6-13/h5-8,10,12,20H,3-4,9H2,1-2H3,(H,19,21). The Morgan fingerprint density at radius 1 is 1.36 bits per heavy atom. The second-order valence-electron chi connectivity index (χ2n) is 5.37. The number of aryl methyl sites for hydroxylation is 1. The molecule has 0 aliphatic carbocycles. The minimum atomic E-state index is -0.270. The van der Waals surface area contributed by atoms with E-state index in [4.69, 9.17) is 5.11 Å². The van der Waals surface area contributed by atoms with Gasteiger partial charge in [-0.1, -0.05) is 12.1 Å². The second kappa shape index (κ2) is 7.51. The van der Waals surface area contributed by atoms with Gasteiger partial charge in [-0.2, -0.15) is 0 Å². The van der Waals surface area contributed by atoms with Crippen LogP contribution in [0, 0.1) is 12.7 Å². The fourth-order valence-electron chi connectivity index (χ4n) is 2.25. The zero-order chi connectivity index (χ0) is 16.1. The van der Waals surface area contributed by atoms with Crippen LogP contribution >= 0.6 is 11.3 Å². The van der Waals surface area contributed by atoms with Crippen LogP contribution in [0.4, 0.5) is 4.39 Å². The quantitative estimate of drug-likeness (QED) is 0.851. The van der Waals surface area contributed by atoms with Crippen LogP contribution in [0.5, 0.6) is 0 Å². The van der Waals surface area contributed by atoms with Crippen molar-refractivity contribution >= 4 is 17.2 Å². The maximum absolute atomic E-state index is 13.0. The van der Waals surface area contributed by atoms with Crippen LogP contribution < -0.4 is 5.32 Å². The highest BCUT2D eigenvalue weighted by atomic mass is 32.1. The number of rotatable bonds is 6. The first kappa shape index (κ1) is 16.6. The van der Waals surface area contributed by atoms with Gasteiger partial charge in [-0.05, 0) is 56.0 Å². The van der Waals surface area contributed by atoms with Crippen molar-refractivity contribution in [2.75, 3.05) is 6.61 Å². The number of carbonyl (C=O) groups excluding carboxylic acids is 1. The molecule has 118 valence electrons. The lowest BCUT2D eigenvalue weighted by atomic mass is 10.1. The van der Waals surface area contributed by atoms with Gasteiger partial charge in [-0.3, -0.25) is 4.79 Å². The van der Waals surface area contributed by atoms with Gasteiger partial charge in [0.1, 0.15) is 5.82 Å². The molecule has 0 spiro atoms. The fraction of sp³-hybridized carbons (Fsp3) is 0.353. The molecule has 0 aliphatic rings. The predicted octanol–water partition coefficient (Wildman–Crippen LogP) is 3.75. The number of carbonyl (C=O) groups is 1. The SMILES string of the molecule is Cc1cc(C(=O)NC(C)CCCO)sc1-c1ccc(F)cc1. The lowest BCUT2D eigenvalue weighted by Gasteiger charge is -2.12. The van der Waals surface area contributed by atoms with E-state index in [2.05, 4.69) is 5.32 Å². The summed E-state index contributed by atoms with van der Waals surface area (Å²) in [6.45, 7) is 4.00. The number of aliphatic hydroxyl groups excluding tert-OH is 1. The van der Waals surface area contributed by atoms with Crippen LogP contribution in [0.3, 0.4) is 0 Å². The lowest BCUT2D eigenvalue weighted by Crippen LogP contribution is -2.32. The molecule has 1 aromatic heterocycles. The van der Waals surface area contributed by atoms with Crippen molar-refractivity contribution in [1.82, 2.24) is 5.32 Å².